The van der Waals surface area contributed by atoms with E-state index in [9.17, 15) is 13.6 Å². The highest BCUT2D eigenvalue weighted by atomic mass is 35.5. The van der Waals surface area contributed by atoms with Gasteiger partial charge in [-0.15, -0.1) is 0 Å². The van der Waals surface area contributed by atoms with E-state index in [-0.39, 0.29) is 17.3 Å². The van der Waals surface area contributed by atoms with E-state index in [2.05, 4.69) is 9.72 Å². The van der Waals surface area contributed by atoms with E-state index in [4.69, 9.17) is 23.2 Å². The van der Waals surface area contributed by atoms with Crippen molar-refractivity contribution in [2.75, 3.05) is 6.61 Å². The number of carbonyl (C=O) groups is 1. The number of hydrogen-bond acceptors (Lipinski definition) is 3. The fraction of sp³-hybridized carbons (Fsp3) is 0.333. The van der Waals surface area contributed by atoms with E-state index in [0.717, 1.165) is 6.07 Å². The van der Waals surface area contributed by atoms with Gasteiger partial charge in [-0.25, -0.2) is 18.6 Å². The summed E-state index contributed by atoms with van der Waals surface area (Å²) in [5.74, 6) is -0.899. The van der Waals surface area contributed by atoms with Gasteiger partial charge >= 0.3 is 5.97 Å². The van der Waals surface area contributed by atoms with Gasteiger partial charge in [-0.2, -0.15) is 0 Å². The highest BCUT2D eigenvalue weighted by Gasteiger charge is 2.24. The third-order valence-corrected chi connectivity index (χ3v) is 2.18. The van der Waals surface area contributed by atoms with Crippen LogP contribution in [-0.2, 0) is 4.74 Å². The first-order chi connectivity index (χ1) is 7.47. The first-order valence-electron chi connectivity index (χ1n) is 4.28. The van der Waals surface area contributed by atoms with Gasteiger partial charge in [-0.1, -0.05) is 23.2 Å². The van der Waals surface area contributed by atoms with Gasteiger partial charge in [0.05, 0.1) is 17.7 Å². The SMILES string of the molecule is CCOC(=O)c1cc(Cl)nc(Cl)c1C(F)F. The number of ether oxygens (including phenoxy) is 1. The monoisotopic (exact) mass is 269 g/mol. The molecule has 0 saturated heterocycles. The van der Waals surface area contributed by atoms with Gasteiger partial charge in [0.1, 0.15) is 10.3 Å². The molecule has 1 aromatic rings. The Bertz CT molecular complexity index is 413. The largest absolute Gasteiger partial charge is 0.462 e. The van der Waals surface area contributed by atoms with Crippen LogP contribution in [0.1, 0.15) is 29.3 Å². The number of alkyl halides is 2. The molecule has 0 aromatic carbocycles. The topological polar surface area (TPSA) is 39.2 Å². The third-order valence-electron chi connectivity index (χ3n) is 1.69. The highest BCUT2D eigenvalue weighted by Crippen LogP contribution is 2.31. The first kappa shape index (κ1) is 13.1. The summed E-state index contributed by atoms with van der Waals surface area (Å²) in [5, 5.41) is -0.636. The lowest BCUT2D eigenvalue weighted by atomic mass is 10.1. The van der Waals surface area contributed by atoms with Gasteiger partial charge in [-0.05, 0) is 13.0 Å². The van der Waals surface area contributed by atoms with Crippen LogP contribution in [0.5, 0.6) is 0 Å². The zero-order chi connectivity index (χ0) is 12.3. The van der Waals surface area contributed by atoms with Crippen molar-refractivity contribution in [3.8, 4) is 0 Å². The lowest BCUT2D eigenvalue weighted by Crippen LogP contribution is -2.10. The molecule has 0 aliphatic heterocycles. The summed E-state index contributed by atoms with van der Waals surface area (Å²) in [7, 11) is 0. The van der Waals surface area contributed by atoms with Crippen molar-refractivity contribution >= 4 is 29.2 Å². The van der Waals surface area contributed by atoms with Crippen LogP contribution < -0.4 is 0 Å². The van der Waals surface area contributed by atoms with Crippen molar-refractivity contribution in [2.45, 2.75) is 13.3 Å². The second kappa shape index (κ2) is 5.41. The van der Waals surface area contributed by atoms with Crippen LogP contribution in [0.2, 0.25) is 10.3 Å². The Morgan fingerprint density at radius 1 is 1.56 bits per heavy atom. The molecule has 0 fully saturated rings. The van der Waals surface area contributed by atoms with E-state index in [1.54, 1.807) is 6.92 Å². The van der Waals surface area contributed by atoms with Gasteiger partial charge < -0.3 is 4.74 Å². The number of carbonyl (C=O) groups excluding carboxylic acids is 1. The molecule has 0 N–H and O–H groups in total. The van der Waals surface area contributed by atoms with E-state index in [1.165, 1.54) is 0 Å². The van der Waals surface area contributed by atoms with E-state index < -0.39 is 23.1 Å². The smallest absolute Gasteiger partial charge is 0.338 e. The number of esters is 1. The Kier molecular flexibility index (Phi) is 4.44. The van der Waals surface area contributed by atoms with Crippen LogP contribution in [0.3, 0.4) is 0 Å². The maximum atomic E-state index is 12.6. The molecule has 16 heavy (non-hydrogen) atoms. The summed E-state index contributed by atoms with van der Waals surface area (Å²) in [6.07, 6.45) is -2.92. The van der Waals surface area contributed by atoms with E-state index in [0.29, 0.717) is 0 Å². The van der Waals surface area contributed by atoms with Crippen molar-refractivity contribution in [3.63, 3.8) is 0 Å². The normalized spacial score (nSPS) is 10.6. The van der Waals surface area contributed by atoms with Crippen LogP contribution in [0.4, 0.5) is 8.78 Å². The summed E-state index contributed by atoms with van der Waals surface area (Å²) in [6.45, 7) is 1.63. The van der Waals surface area contributed by atoms with Crippen molar-refractivity contribution in [2.24, 2.45) is 0 Å². The zero-order valence-corrected chi connectivity index (χ0v) is 9.65. The van der Waals surface area contributed by atoms with Crippen LogP contribution >= 0.6 is 23.2 Å². The van der Waals surface area contributed by atoms with Gasteiger partial charge in [0.2, 0.25) is 0 Å². The van der Waals surface area contributed by atoms with Crippen LogP contribution in [0.25, 0.3) is 0 Å². The lowest BCUT2D eigenvalue weighted by molar-refractivity contribution is 0.0515. The molecule has 1 aromatic heterocycles. The fourth-order valence-corrected chi connectivity index (χ4v) is 1.59. The molecule has 0 spiro atoms. The van der Waals surface area contributed by atoms with Crippen LogP contribution in [-0.4, -0.2) is 17.6 Å². The Labute approximate surface area is 100 Å². The number of halogens is 4. The molecule has 0 aliphatic carbocycles. The minimum atomic E-state index is -2.92. The van der Waals surface area contributed by atoms with Gasteiger partial charge in [-0.3, -0.25) is 0 Å². The predicted octanol–water partition coefficient (Wildman–Crippen LogP) is 3.50. The number of pyridine rings is 1. The Morgan fingerprint density at radius 3 is 2.69 bits per heavy atom. The molecule has 0 atom stereocenters. The summed E-state index contributed by atoms with van der Waals surface area (Å²) >= 11 is 11.0. The van der Waals surface area contributed by atoms with Gasteiger partial charge in [0, 0.05) is 0 Å². The van der Waals surface area contributed by atoms with E-state index >= 15 is 0 Å². The summed E-state index contributed by atoms with van der Waals surface area (Å²) < 4.78 is 29.9. The number of hydrogen-bond donors (Lipinski definition) is 0. The lowest BCUT2D eigenvalue weighted by Gasteiger charge is -2.09. The maximum Gasteiger partial charge on any atom is 0.338 e. The van der Waals surface area contributed by atoms with Gasteiger partial charge in [0.25, 0.3) is 6.43 Å². The Hall–Kier alpha value is -0.940. The zero-order valence-electron chi connectivity index (χ0n) is 8.14. The molecule has 0 aliphatic rings. The first-order valence-corrected chi connectivity index (χ1v) is 5.04. The van der Waals surface area contributed by atoms with Crippen molar-refractivity contribution < 1.29 is 18.3 Å². The Morgan fingerprint density at radius 2 is 2.19 bits per heavy atom. The van der Waals surface area contributed by atoms with Gasteiger partial charge in [0.15, 0.2) is 0 Å². The number of aromatic nitrogens is 1. The minimum Gasteiger partial charge on any atom is -0.462 e. The molecule has 1 heterocycles. The molecule has 1 rings (SSSR count). The van der Waals surface area contributed by atoms with E-state index in [1.807, 2.05) is 0 Å². The second-order valence-corrected chi connectivity index (χ2v) is 3.46. The van der Waals surface area contributed by atoms with Crippen LogP contribution in [0.15, 0.2) is 6.07 Å². The minimum absolute atomic E-state index is 0.0685. The standard InChI is InChI=1S/C9H7Cl2F2NO2/c1-2-16-9(15)4-3-5(10)14-7(11)6(4)8(12)13/h3,8H,2H2,1H3. The van der Waals surface area contributed by atoms with Crippen molar-refractivity contribution in [3.05, 3.63) is 27.5 Å². The van der Waals surface area contributed by atoms with Crippen LogP contribution in [0, 0.1) is 0 Å². The number of rotatable bonds is 3. The molecular weight excluding hydrogens is 263 g/mol. The molecule has 0 radical (unpaired) electrons. The molecule has 3 nitrogen and oxygen atoms in total. The van der Waals surface area contributed by atoms with Crippen molar-refractivity contribution in [1.82, 2.24) is 4.98 Å². The molecule has 0 bridgehead atoms. The molecule has 0 saturated carbocycles. The van der Waals surface area contributed by atoms with Crippen molar-refractivity contribution in [1.29, 1.82) is 0 Å². The quantitative estimate of drug-likeness (QED) is 0.623. The summed E-state index contributed by atoms with van der Waals surface area (Å²) in [5.41, 5.74) is -1.02. The third kappa shape index (κ3) is 2.80. The predicted molar refractivity (Wildman–Crippen MR) is 55.2 cm³/mol. The maximum absolute atomic E-state index is 12.6. The average Bonchev–Trinajstić information content (AvgIpc) is 2.15. The highest BCUT2D eigenvalue weighted by molar-refractivity contribution is 6.33. The second-order valence-electron chi connectivity index (χ2n) is 2.72. The molecule has 88 valence electrons. The molecule has 7 heteroatoms. The molecular formula is C9H7Cl2F2NO2. The summed E-state index contributed by atoms with van der Waals surface area (Å²) in [6, 6.07) is 1.01. The average molecular weight is 270 g/mol. The Balaban J connectivity index is 3.29. The molecule has 0 amide bonds. The molecule has 0 unspecified atom stereocenters. The number of nitrogens with zero attached hydrogens (tertiary/aromatic N) is 1. The fourth-order valence-electron chi connectivity index (χ4n) is 1.08. The summed E-state index contributed by atoms with van der Waals surface area (Å²) in [4.78, 5) is 14.8.